The number of nitrogens with one attached hydrogen (secondary N) is 2. The van der Waals surface area contributed by atoms with Gasteiger partial charge in [-0.25, -0.2) is 5.01 Å². The zero-order valence-electron chi connectivity index (χ0n) is 19.1. The van der Waals surface area contributed by atoms with Crippen LogP contribution in [0.25, 0.3) is 0 Å². The van der Waals surface area contributed by atoms with Crippen LogP contribution in [0.5, 0.6) is 5.75 Å². The third-order valence-electron chi connectivity index (χ3n) is 5.64. The van der Waals surface area contributed by atoms with Crippen molar-refractivity contribution >= 4 is 40.7 Å². The molecule has 2 N–H and O–H groups in total. The predicted molar refractivity (Wildman–Crippen MR) is 134 cm³/mol. The van der Waals surface area contributed by atoms with Crippen molar-refractivity contribution in [2.45, 2.75) is 32.9 Å². The van der Waals surface area contributed by atoms with Crippen LogP contribution in [-0.4, -0.2) is 23.4 Å². The molecule has 8 heteroatoms. The zero-order valence-corrected chi connectivity index (χ0v) is 20.6. The van der Waals surface area contributed by atoms with Crippen molar-refractivity contribution in [2.24, 2.45) is 0 Å². The summed E-state index contributed by atoms with van der Waals surface area (Å²) < 4.78 is 5.65. The fraction of sp³-hybridized carbons (Fsp3) is 0.231. The van der Waals surface area contributed by atoms with Crippen LogP contribution in [0.15, 0.2) is 60.7 Å². The van der Waals surface area contributed by atoms with Crippen LogP contribution >= 0.6 is 23.2 Å². The first kappa shape index (κ1) is 23.9. The van der Waals surface area contributed by atoms with Crippen molar-refractivity contribution in [3.05, 3.63) is 93.0 Å². The Bertz CT molecular complexity index is 1230. The van der Waals surface area contributed by atoms with Crippen molar-refractivity contribution in [2.75, 3.05) is 11.9 Å². The second kappa shape index (κ2) is 9.95. The topological polar surface area (TPSA) is 70.7 Å². The van der Waals surface area contributed by atoms with Crippen LogP contribution in [0, 0.1) is 6.92 Å². The molecule has 0 aromatic heterocycles. The number of halogens is 2. The number of anilines is 1. The molecule has 0 fully saturated rings. The molecule has 176 valence electrons. The molecule has 0 saturated carbocycles. The number of amides is 2. The highest BCUT2D eigenvalue weighted by Gasteiger charge is 2.34. The van der Waals surface area contributed by atoms with Gasteiger partial charge < -0.3 is 10.1 Å². The van der Waals surface area contributed by atoms with E-state index < -0.39 is 12.1 Å². The molecular formula is C26H25Cl2N3O3. The van der Waals surface area contributed by atoms with Gasteiger partial charge in [-0.15, -0.1) is 0 Å². The summed E-state index contributed by atoms with van der Waals surface area (Å²) in [6.45, 7) is 5.81. The molecule has 1 aliphatic heterocycles. The first-order valence-corrected chi connectivity index (χ1v) is 11.7. The maximum Gasteiger partial charge on any atom is 0.276 e. The van der Waals surface area contributed by atoms with Gasteiger partial charge in [0.05, 0.1) is 5.56 Å². The van der Waals surface area contributed by atoms with E-state index in [9.17, 15) is 9.59 Å². The van der Waals surface area contributed by atoms with Gasteiger partial charge in [0.2, 0.25) is 0 Å². The van der Waals surface area contributed by atoms with Crippen LogP contribution in [-0.2, 0) is 4.79 Å². The zero-order chi connectivity index (χ0) is 24.4. The van der Waals surface area contributed by atoms with Gasteiger partial charge in [-0.05, 0) is 65.9 Å². The van der Waals surface area contributed by atoms with E-state index in [2.05, 4.69) is 24.6 Å². The smallest absolute Gasteiger partial charge is 0.276 e. The molecular weight excluding hydrogens is 473 g/mol. The Morgan fingerprint density at radius 3 is 2.41 bits per heavy atom. The standard InChI is InChI=1S/C26H25Cl2N3O3/c1-15(2)17-4-6-18(7-5-17)25-29-22-10-8-20(28)13-21(22)26(33)31(25)30-24(32)14-34-23-11-9-19(27)12-16(23)3/h4-13,15,25,29H,14H2,1-3H3,(H,30,32). The lowest BCUT2D eigenvalue weighted by atomic mass is 9.99. The summed E-state index contributed by atoms with van der Waals surface area (Å²) in [6, 6.07) is 18.2. The number of hydrogen-bond acceptors (Lipinski definition) is 4. The molecule has 3 aromatic carbocycles. The molecule has 1 aliphatic rings. The summed E-state index contributed by atoms with van der Waals surface area (Å²) >= 11 is 12.1. The molecule has 0 bridgehead atoms. The average Bonchev–Trinajstić information content (AvgIpc) is 2.80. The van der Waals surface area contributed by atoms with Gasteiger partial charge in [0, 0.05) is 15.7 Å². The lowest BCUT2D eigenvalue weighted by Crippen LogP contribution is -2.53. The highest BCUT2D eigenvalue weighted by molar-refractivity contribution is 6.31. The minimum atomic E-state index is -0.608. The molecule has 6 nitrogen and oxygen atoms in total. The minimum Gasteiger partial charge on any atom is -0.483 e. The summed E-state index contributed by atoms with van der Waals surface area (Å²) in [5, 5.41) is 5.64. The Hall–Kier alpha value is -3.22. The van der Waals surface area contributed by atoms with Gasteiger partial charge in [0.15, 0.2) is 6.61 Å². The van der Waals surface area contributed by atoms with Gasteiger partial charge in [0.1, 0.15) is 11.9 Å². The van der Waals surface area contributed by atoms with Crippen LogP contribution in [0.3, 0.4) is 0 Å². The Labute approximate surface area is 208 Å². The third-order valence-corrected chi connectivity index (χ3v) is 6.11. The number of rotatable bonds is 6. The molecule has 0 aliphatic carbocycles. The second-order valence-electron chi connectivity index (χ2n) is 8.47. The van der Waals surface area contributed by atoms with Gasteiger partial charge in [0.25, 0.3) is 11.8 Å². The van der Waals surface area contributed by atoms with E-state index in [-0.39, 0.29) is 12.5 Å². The normalized spacial score (nSPS) is 15.1. The molecule has 0 spiro atoms. The summed E-state index contributed by atoms with van der Waals surface area (Å²) in [5.41, 5.74) is 6.54. The second-order valence-corrected chi connectivity index (χ2v) is 9.34. The largest absolute Gasteiger partial charge is 0.483 e. The SMILES string of the molecule is Cc1cc(Cl)ccc1OCC(=O)NN1C(=O)c2cc(Cl)ccc2NC1c1ccc(C(C)C)cc1. The van der Waals surface area contributed by atoms with Crippen LogP contribution in [0.1, 0.15) is 53.0 Å². The van der Waals surface area contributed by atoms with Gasteiger partial charge >= 0.3 is 0 Å². The molecule has 1 heterocycles. The van der Waals surface area contributed by atoms with E-state index in [1.807, 2.05) is 31.2 Å². The van der Waals surface area contributed by atoms with E-state index in [4.69, 9.17) is 27.9 Å². The third kappa shape index (κ3) is 5.13. The van der Waals surface area contributed by atoms with Crippen LogP contribution in [0.4, 0.5) is 5.69 Å². The van der Waals surface area contributed by atoms with Crippen LogP contribution < -0.4 is 15.5 Å². The number of hydrazine groups is 1. The number of carbonyl (C=O) groups excluding carboxylic acids is 2. The fourth-order valence-corrected chi connectivity index (χ4v) is 4.17. The number of hydrogen-bond donors (Lipinski definition) is 2. The molecule has 4 rings (SSSR count). The van der Waals surface area contributed by atoms with Gasteiger partial charge in [-0.2, -0.15) is 0 Å². The summed E-state index contributed by atoms with van der Waals surface area (Å²) in [4.78, 5) is 26.2. The van der Waals surface area contributed by atoms with E-state index in [1.165, 1.54) is 10.6 Å². The maximum absolute atomic E-state index is 13.4. The van der Waals surface area contributed by atoms with Crippen molar-refractivity contribution in [1.82, 2.24) is 10.4 Å². The number of aryl methyl sites for hydroxylation is 1. The average molecular weight is 498 g/mol. The molecule has 2 amide bonds. The Morgan fingerprint density at radius 2 is 1.74 bits per heavy atom. The molecule has 3 aromatic rings. The number of nitrogens with zero attached hydrogens (tertiary/aromatic N) is 1. The van der Waals surface area contributed by atoms with Crippen molar-refractivity contribution < 1.29 is 14.3 Å². The number of ether oxygens (including phenoxy) is 1. The van der Waals surface area contributed by atoms with E-state index in [1.54, 1.807) is 36.4 Å². The monoisotopic (exact) mass is 497 g/mol. The molecule has 0 saturated heterocycles. The first-order valence-electron chi connectivity index (χ1n) is 10.9. The predicted octanol–water partition coefficient (Wildman–Crippen LogP) is 6.10. The van der Waals surface area contributed by atoms with Crippen molar-refractivity contribution in [3.8, 4) is 5.75 Å². The molecule has 0 radical (unpaired) electrons. The molecule has 1 unspecified atom stereocenters. The minimum absolute atomic E-state index is 0.270. The van der Waals surface area contributed by atoms with Crippen molar-refractivity contribution in [1.29, 1.82) is 0 Å². The lowest BCUT2D eigenvalue weighted by molar-refractivity contribution is -0.127. The summed E-state index contributed by atoms with van der Waals surface area (Å²) in [6.07, 6.45) is -0.608. The van der Waals surface area contributed by atoms with Crippen LogP contribution in [0.2, 0.25) is 10.0 Å². The summed E-state index contributed by atoms with van der Waals surface area (Å²) in [5.74, 6) is 0.0757. The highest BCUT2D eigenvalue weighted by atomic mass is 35.5. The summed E-state index contributed by atoms with van der Waals surface area (Å²) in [7, 11) is 0. The Balaban J connectivity index is 1.58. The van der Waals surface area contributed by atoms with E-state index >= 15 is 0 Å². The number of carbonyl (C=O) groups is 2. The quantitative estimate of drug-likeness (QED) is 0.431. The van der Waals surface area contributed by atoms with Crippen molar-refractivity contribution in [3.63, 3.8) is 0 Å². The lowest BCUT2D eigenvalue weighted by Gasteiger charge is -2.38. The van der Waals surface area contributed by atoms with E-state index in [0.29, 0.717) is 33.0 Å². The fourth-order valence-electron chi connectivity index (χ4n) is 3.77. The number of benzene rings is 3. The Morgan fingerprint density at radius 1 is 1.06 bits per heavy atom. The first-order chi connectivity index (χ1) is 16.2. The maximum atomic E-state index is 13.4. The highest BCUT2D eigenvalue weighted by Crippen LogP contribution is 2.34. The van der Waals surface area contributed by atoms with E-state index in [0.717, 1.165) is 11.1 Å². The molecule has 34 heavy (non-hydrogen) atoms. The number of fused-ring (bicyclic) bond motifs is 1. The molecule has 1 atom stereocenters. The van der Waals surface area contributed by atoms with Gasteiger partial charge in [-0.3, -0.25) is 15.0 Å². The Kier molecular flexibility index (Phi) is 7.00. The van der Waals surface area contributed by atoms with Gasteiger partial charge in [-0.1, -0.05) is 61.3 Å².